The molecule has 2 aromatic rings. The first-order valence-corrected chi connectivity index (χ1v) is 8.94. The van der Waals surface area contributed by atoms with Crippen molar-refractivity contribution in [1.82, 2.24) is 9.47 Å². The van der Waals surface area contributed by atoms with Crippen molar-refractivity contribution in [3.05, 3.63) is 57.3 Å². The van der Waals surface area contributed by atoms with E-state index in [2.05, 4.69) is 0 Å². The minimum absolute atomic E-state index is 0.0880. The summed E-state index contributed by atoms with van der Waals surface area (Å²) >= 11 is 11.9. The number of benzene rings is 1. The Balaban J connectivity index is 1.61. The van der Waals surface area contributed by atoms with Gasteiger partial charge in [-0.05, 0) is 36.8 Å². The normalized spacial score (nSPS) is 13.3. The fourth-order valence-electron chi connectivity index (χ4n) is 2.81. The van der Waals surface area contributed by atoms with Gasteiger partial charge in [0.15, 0.2) is 0 Å². The molecule has 0 saturated heterocycles. The Labute approximate surface area is 161 Å². The van der Waals surface area contributed by atoms with Gasteiger partial charge >= 0.3 is 12.1 Å². The highest BCUT2D eigenvalue weighted by molar-refractivity contribution is 6.34. The number of carbonyl (C=O) groups excluding carboxylic acids is 2. The molecule has 0 bridgehead atoms. The van der Waals surface area contributed by atoms with Crippen molar-refractivity contribution >= 4 is 35.3 Å². The fourth-order valence-corrected chi connectivity index (χ4v) is 3.38. The van der Waals surface area contributed by atoms with E-state index in [-0.39, 0.29) is 12.6 Å². The maximum atomic E-state index is 12.3. The maximum absolute atomic E-state index is 12.3. The highest BCUT2D eigenvalue weighted by Crippen LogP contribution is 2.21. The van der Waals surface area contributed by atoms with Crippen LogP contribution in [0.15, 0.2) is 30.5 Å². The summed E-state index contributed by atoms with van der Waals surface area (Å²) in [6.45, 7) is 3.63. The molecule has 0 aliphatic carbocycles. The van der Waals surface area contributed by atoms with Crippen LogP contribution in [-0.4, -0.2) is 34.7 Å². The van der Waals surface area contributed by atoms with Gasteiger partial charge in [-0.1, -0.05) is 23.2 Å². The number of hydrogen-bond donors (Lipinski definition) is 0. The Morgan fingerprint density at radius 3 is 2.50 bits per heavy atom. The summed E-state index contributed by atoms with van der Waals surface area (Å²) in [6, 6.07) is 6.77. The van der Waals surface area contributed by atoms with Crippen LogP contribution >= 0.6 is 23.2 Å². The van der Waals surface area contributed by atoms with E-state index < -0.39 is 6.09 Å². The molecule has 2 heterocycles. The van der Waals surface area contributed by atoms with Crippen molar-refractivity contribution in [1.29, 1.82) is 0 Å². The van der Waals surface area contributed by atoms with E-state index in [9.17, 15) is 9.59 Å². The molecule has 1 aromatic carbocycles. The zero-order valence-corrected chi connectivity index (χ0v) is 15.7. The number of amides is 1. The molecule has 0 spiro atoms. The van der Waals surface area contributed by atoms with Crippen LogP contribution in [0.3, 0.4) is 0 Å². The highest BCUT2D eigenvalue weighted by Gasteiger charge is 2.24. The largest absolute Gasteiger partial charge is 0.462 e. The molecule has 138 valence electrons. The summed E-state index contributed by atoms with van der Waals surface area (Å²) in [5, 5.41) is 0.983. The van der Waals surface area contributed by atoms with Crippen molar-refractivity contribution in [2.24, 2.45) is 0 Å². The number of carbonyl (C=O) groups is 2. The predicted molar refractivity (Wildman–Crippen MR) is 97.4 cm³/mol. The minimum Gasteiger partial charge on any atom is -0.462 e. The Morgan fingerprint density at radius 2 is 1.81 bits per heavy atom. The lowest BCUT2D eigenvalue weighted by Gasteiger charge is -2.27. The lowest BCUT2D eigenvalue weighted by molar-refractivity contribution is 0.0526. The van der Waals surface area contributed by atoms with Crippen LogP contribution in [0.4, 0.5) is 4.79 Å². The molecule has 6 nitrogen and oxygen atoms in total. The van der Waals surface area contributed by atoms with Gasteiger partial charge in [0, 0.05) is 35.0 Å². The topological polar surface area (TPSA) is 60.8 Å². The molecule has 1 aliphatic heterocycles. The number of ether oxygens (including phenoxy) is 2. The predicted octanol–water partition coefficient (Wildman–Crippen LogP) is 4.12. The summed E-state index contributed by atoms with van der Waals surface area (Å²) in [4.78, 5) is 25.8. The van der Waals surface area contributed by atoms with E-state index in [4.69, 9.17) is 32.7 Å². The molecule has 0 fully saturated rings. The molecule has 0 unspecified atom stereocenters. The molecule has 26 heavy (non-hydrogen) atoms. The van der Waals surface area contributed by atoms with Gasteiger partial charge in [0.05, 0.1) is 18.7 Å². The molecule has 0 atom stereocenters. The minimum atomic E-state index is -0.425. The quantitative estimate of drug-likeness (QED) is 0.729. The Hall–Kier alpha value is -2.18. The molecule has 8 heteroatoms. The standard InChI is InChI=1S/C18H18Cl2N2O4/c1-2-25-17(23)13-7-16-10-22(4-3-21(16)9-13)18(24)26-11-12-5-14(19)8-15(20)6-12/h5-9H,2-4,10-11H2,1H3. The number of rotatable bonds is 4. The summed E-state index contributed by atoms with van der Waals surface area (Å²) in [5.41, 5.74) is 2.08. The molecule has 0 N–H and O–H groups in total. The van der Waals surface area contributed by atoms with Crippen molar-refractivity contribution in [2.45, 2.75) is 26.6 Å². The molecule has 1 aliphatic rings. The molecule has 1 aromatic heterocycles. The first-order chi connectivity index (χ1) is 12.5. The number of hydrogen-bond acceptors (Lipinski definition) is 4. The number of halogens is 2. The first-order valence-electron chi connectivity index (χ1n) is 8.19. The maximum Gasteiger partial charge on any atom is 0.410 e. The monoisotopic (exact) mass is 396 g/mol. The van der Waals surface area contributed by atoms with E-state index in [0.29, 0.717) is 41.8 Å². The van der Waals surface area contributed by atoms with Gasteiger partial charge in [0.2, 0.25) is 0 Å². The van der Waals surface area contributed by atoms with Crippen LogP contribution in [0.1, 0.15) is 28.5 Å². The van der Waals surface area contributed by atoms with Crippen LogP contribution in [0.2, 0.25) is 10.0 Å². The molecule has 1 amide bonds. The molecule has 0 saturated carbocycles. The first kappa shape index (κ1) is 18.6. The van der Waals surface area contributed by atoms with Crippen LogP contribution in [0.25, 0.3) is 0 Å². The van der Waals surface area contributed by atoms with E-state index in [1.807, 2.05) is 4.57 Å². The van der Waals surface area contributed by atoms with Crippen LogP contribution < -0.4 is 0 Å². The van der Waals surface area contributed by atoms with Crippen LogP contribution in [0, 0.1) is 0 Å². The summed E-state index contributed by atoms with van der Waals surface area (Å²) in [5.74, 6) is -0.360. The Kier molecular flexibility index (Phi) is 5.74. The highest BCUT2D eigenvalue weighted by atomic mass is 35.5. The average Bonchev–Trinajstić information content (AvgIpc) is 3.02. The second-order valence-corrected chi connectivity index (χ2v) is 6.76. The number of nitrogens with zero attached hydrogens (tertiary/aromatic N) is 2. The van der Waals surface area contributed by atoms with Crippen molar-refractivity contribution < 1.29 is 19.1 Å². The van der Waals surface area contributed by atoms with E-state index in [0.717, 1.165) is 11.3 Å². The molecular formula is C18H18Cl2N2O4. The molecular weight excluding hydrogens is 379 g/mol. The number of esters is 1. The van der Waals surface area contributed by atoms with Gasteiger partial charge in [0.1, 0.15) is 6.61 Å². The van der Waals surface area contributed by atoms with Gasteiger partial charge in [-0.2, -0.15) is 0 Å². The van der Waals surface area contributed by atoms with Gasteiger partial charge < -0.3 is 18.9 Å². The summed E-state index contributed by atoms with van der Waals surface area (Å²) < 4.78 is 12.3. The Bertz CT molecular complexity index is 814. The third kappa shape index (κ3) is 4.31. The fraction of sp³-hybridized carbons (Fsp3) is 0.333. The number of fused-ring (bicyclic) bond motifs is 1. The zero-order valence-electron chi connectivity index (χ0n) is 14.2. The number of aromatic nitrogens is 1. The second-order valence-electron chi connectivity index (χ2n) is 5.89. The van der Waals surface area contributed by atoms with Gasteiger partial charge in [-0.3, -0.25) is 0 Å². The summed E-state index contributed by atoms with van der Waals surface area (Å²) in [6.07, 6.45) is 1.33. The van der Waals surface area contributed by atoms with Crippen LogP contribution in [-0.2, 0) is 29.2 Å². The van der Waals surface area contributed by atoms with Crippen molar-refractivity contribution in [3.8, 4) is 0 Å². The van der Waals surface area contributed by atoms with Gasteiger partial charge in [-0.15, -0.1) is 0 Å². The Morgan fingerprint density at radius 1 is 1.08 bits per heavy atom. The third-order valence-electron chi connectivity index (χ3n) is 4.00. The smallest absolute Gasteiger partial charge is 0.410 e. The average molecular weight is 397 g/mol. The lowest BCUT2D eigenvalue weighted by Crippen LogP contribution is -2.38. The van der Waals surface area contributed by atoms with Crippen LogP contribution in [0.5, 0.6) is 0 Å². The third-order valence-corrected chi connectivity index (χ3v) is 4.44. The van der Waals surface area contributed by atoms with E-state index >= 15 is 0 Å². The second kappa shape index (κ2) is 8.01. The lowest BCUT2D eigenvalue weighted by atomic mass is 10.2. The zero-order chi connectivity index (χ0) is 18.7. The van der Waals surface area contributed by atoms with Crippen molar-refractivity contribution in [2.75, 3.05) is 13.2 Å². The van der Waals surface area contributed by atoms with Crippen molar-refractivity contribution in [3.63, 3.8) is 0 Å². The summed E-state index contributed by atoms with van der Waals surface area (Å²) in [7, 11) is 0. The van der Waals surface area contributed by atoms with E-state index in [1.54, 1.807) is 42.3 Å². The SMILES string of the molecule is CCOC(=O)c1cc2n(c1)CCN(C(=O)OCc1cc(Cl)cc(Cl)c1)C2. The van der Waals surface area contributed by atoms with Gasteiger partial charge in [0.25, 0.3) is 0 Å². The molecule has 0 radical (unpaired) electrons. The van der Waals surface area contributed by atoms with E-state index in [1.165, 1.54) is 0 Å². The molecule has 3 rings (SSSR count). The van der Waals surface area contributed by atoms with Gasteiger partial charge in [-0.25, -0.2) is 9.59 Å².